The van der Waals surface area contributed by atoms with Gasteiger partial charge in [-0.15, -0.1) is 0 Å². The molecule has 0 aromatic heterocycles. The minimum absolute atomic E-state index is 0.182. The third kappa shape index (κ3) is 2.79. The Morgan fingerprint density at radius 2 is 1.74 bits per heavy atom. The lowest BCUT2D eigenvalue weighted by atomic mass is 9.75. The second-order valence-corrected chi connectivity index (χ2v) is 8.27. The fourth-order valence-electron chi connectivity index (χ4n) is 3.63. The van der Waals surface area contributed by atoms with Gasteiger partial charge in [-0.3, -0.25) is 4.79 Å². The van der Waals surface area contributed by atoms with Crippen LogP contribution in [0.4, 0.5) is 10.1 Å². The third-order valence-electron chi connectivity index (χ3n) is 6.02. The van der Waals surface area contributed by atoms with Crippen molar-refractivity contribution in [1.82, 2.24) is 0 Å². The van der Waals surface area contributed by atoms with Gasteiger partial charge in [0.25, 0.3) is 5.91 Å². The van der Waals surface area contributed by atoms with E-state index in [0.717, 1.165) is 22.3 Å². The first-order valence-corrected chi connectivity index (χ1v) is 9.16. The molecule has 1 saturated heterocycles. The Labute approximate surface area is 159 Å². The zero-order valence-corrected chi connectivity index (χ0v) is 16.3. The summed E-state index contributed by atoms with van der Waals surface area (Å²) in [6.07, 6.45) is 0. The number of carbonyl (C=O) groups excluding carboxylic acids is 1. The molecule has 0 N–H and O–H groups in total. The maximum absolute atomic E-state index is 13.6. The van der Waals surface area contributed by atoms with Crippen molar-refractivity contribution in [2.24, 2.45) is 0 Å². The van der Waals surface area contributed by atoms with Gasteiger partial charge in [0.15, 0.2) is 0 Å². The first-order valence-electron chi connectivity index (χ1n) is 9.16. The predicted molar refractivity (Wildman–Crippen MR) is 104 cm³/mol. The minimum atomic E-state index is -0.493. The largest absolute Gasteiger partial charge is 0.495 e. The molecule has 0 atom stereocenters. The Bertz CT molecular complexity index is 925. The zero-order chi connectivity index (χ0) is 19.6. The molecule has 4 rings (SSSR count). The van der Waals surface area contributed by atoms with Gasteiger partial charge in [-0.25, -0.2) is 4.39 Å². The SMILES string of the molecule is Cc1c(B2OC(C)(C)C(C)(C)O2)cccc1N1Cc2ccc(F)cc2C1=O. The molecule has 1 fully saturated rings. The summed E-state index contributed by atoms with van der Waals surface area (Å²) in [5.74, 6) is -0.578. The van der Waals surface area contributed by atoms with Crippen molar-refractivity contribution < 1.29 is 18.5 Å². The summed E-state index contributed by atoms with van der Waals surface area (Å²) in [5.41, 5.74) is 3.02. The van der Waals surface area contributed by atoms with Gasteiger partial charge in [0.2, 0.25) is 0 Å². The number of amides is 1. The Hall–Kier alpha value is -2.18. The highest BCUT2D eigenvalue weighted by atomic mass is 19.1. The molecule has 140 valence electrons. The number of carbonyl (C=O) groups is 1. The fourth-order valence-corrected chi connectivity index (χ4v) is 3.63. The molecule has 2 aliphatic heterocycles. The van der Waals surface area contributed by atoms with Crippen molar-refractivity contribution in [2.75, 3.05) is 4.90 Å². The number of halogens is 1. The number of rotatable bonds is 2. The van der Waals surface area contributed by atoms with Crippen molar-refractivity contribution >= 4 is 24.2 Å². The van der Waals surface area contributed by atoms with E-state index in [2.05, 4.69) is 0 Å². The zero-order valence-electron chi connectivity index (χ0n) is 16.3. The van der Waals surface area contributed by atoms with Crippen LogP contribution in [0, 0.1) is 12.7 Å². The molecule has 0 spiro atoms. The van der Waals surface area contributed by atoms with Crippen LogP contribution in [0.25, 0.3) is 0 Å². The number of anilines is 1. The van der Waals surface area contributed by atoms with Crippen LogP contribution in [0.2, 0.25) is 0 Å². The van der Waals surface area contributed by atoms with E-state index in [9.17, 15) is 9.18 Å². The average molecular weight is 367 g/mol. The molecule has 0 unspecified atom stereocenters. The van der Waals surface area contributed by atoms with Crippen LogP contribution in [0.15, 0.2) is 36.4 Å². The molecule has 27 heavy (non-hydrogen) atoms. The smallest absolute Gasteiger partial charge is 0.399 e. The minimum Gasteiger partial charge on any atom is -0.399 e. The number of fused-ring (bicyclic) bond motifs is 1. The van der Waals surface area contributed by atoms with Crippen LogP contribution < -0.4 is 10.4 Å². The number of benzene rings is 2. The van der Waals surface area contributed by atoms with Crippen molar-refractivity contribution in [2.45, 2.75) is 52.4 Å². The predicted octanol–water partition coefficient (Wildman–Crippen LogP) is 3.59. The van der Waals surface area contributed by atoms with E-state index in [-0.39, 0.29) is 5.91 Å². The number of hydrogen-bond donors (Lipinski definition) is 0. The Morgan fingerprint density at radius 3 is 2.41 bits per heavy atom. The molecule has 6 heteroatoms. The molecule has 2 aromatic carbocycles. The lowest BCUT2D eigenvalue weighted by molar-refractivity contribution is 0.00578. The van der Waals surface area contributed by atoms with E-state index in [4.69, 9.17) is 9.31 Å². The maximum Gasteiger partial charge on any atom is 0.495 e. The summed E-state index contributed by atoms with van der Waals surface area (Å²) in [6, 6.07) is 10.2. The van der Waals surface area contributed by atoms with Gasteiger partial charge in [-0.2, -0.15) is 0 Å². The van der Waals surface area contributed by atoms with Crippen molar-refractivity contribution in [3.63, 3.8) is 0 Å². The van der Waals surface area contributed by atoms with Crippen molar-refractivity contribution in [3.05, 3.63) is 58.9 Å². The quantitative estimate of drug-likeness (QED) is 0.762. The lowest BCUT2D eigenvalue weighted by Gasteiger charge is -2.32. The second kappa shape index (κ2) is 5.91. The van der Waals surface area contributed by atoms with Gasteiger partial charge in [0.1, 0.15) is 5.82 Å². The van der Waals surface area contributed by atoms with Crippen LogP contribution in [0.5, 0.6) is 0 Å². The topological polar surface area (TPSA) is 38.8 Å². The number of hydrogen-bond acceptors (Lipinski definition) is 3. The summed E-state index contributed by atoms with van der Waals surface area (Å²) >= 11 is 0. The fraction of sp³-hybridized carbons (Fsp3) is 0.381. The molecule has 2 heterocycles. The molecule has 4 nitrogen and oxygen atoms in total. The van der Waals surface area contributed by atoms with E-state index in [1.807, 2.05) is 52.8 Å². The number of nitrogens with zero attached hydrogens (tertiary/aromatic N) is 1. The molecular weight excluding hydrogens is 344 g/mol. The van der Waals surface area contributed by atoms with Gasteiger partial charge >= 0.3 is 7.12 Å². The summed E-state index contributed by atoms with van der Waals surface area (Å²) in [4.78, 5) is 14.5. The van der Waals surface area contributed by atoms with E-state index >= 15 is 0 Å². The van der Waals surface area contributed by atoms with Gasteiger partial charge in [-0.1, -0.05) is 18.2 Å². The van der Waals surface area contributed by atoms with Gasteiger partial charge in [0.05, 0.1) is 17.7 Å². The molecular formula is C21H23BFNO3. The standard InChI is InChI=1S/C21H23BFNO3/c1-13-17(22-26-20(2,3)21(4,5)27-22)7-6-8-18(13)24-12-14-9-10-15(23)11-16(14)19(24)25/h6-11H,12H2,1-5H3. The molecule has 0 saturated carbocycles. The summed E-state index contributed by atoms with van der Waals surface area (Å²) in [7, 11) is -0.493. The normalized spacial score (nSPS) is 20.3. The molecule has 0 bridgehead atoms. The van der Waals surface area contributed by atoms with Crippen molar-refractivity contribution in [3.8, 4) is 0 Å². The van der Waals surface area contributed by atoms with Crippen molar-refractivity contribution in [1.29, 1.82) is 0 Å². The van der Waals surface area contributed by atoms with E-state index in [1.165, 1.54) is 12.1 Å². The van der Waals surface area contributed by atoms with Crippen LogP contribution in [-0.4, -0.2) is 24.2 Å². The summed E-state index contributed by atoms with van der Waals surface area (Å²) in [6.45, 7) is 10.5. The van der Waals surface area contributed by atoms with Crippen LogP contribution >= 0.6 is 0 Å². The second-order valence-electron chi connectivity index (χ2n) is 8.27. The highest BCUT2D eigenvalue weighted by Crippen LogP contribution is 2.37. The Morgan fingerprint density at radius 1 is 1.07 bits per heavy atom. The first kappa shape index (κ1) is 18.2. The maximum atomic E-state index is 13.6. The molecule has 1 amide bonds. The monoisotopic (exact) mass is 367 g/mol. The van der Waals surface area contributed by atoms with Gasteiger partial charge in [-0.05, 0) is 69.4 Å². The Balaban J connectivity index is 1.69. The Kier molecular flexibility index (Phi) is 3.98. The van der Waals surface area contributed by atoms with E-state index in [0.29, 0.717) is 12.1 Å². The highest BCUT2D eigenvalue weighted by Gasteiger charge is 2.52. The molecule has 0 radical (unpaired) electrons. The highest BCUT2D eigenvalue weighted by molar-refractivity contribution is 6.62. The van der Waals surface area contributed by atoms with Gasteiger partial charge in [0, 0.05) is 11.3 Å². The summed E-state index contributed by atoms with van der Waals surface area (Å²) < 4.78 is 25.9. The van der Waals surface area contributed by atoms with E-state index < -0.39 is 24.1 Å². The lowest BCUT2D eigenvalue weighted by Crippen LogP contribution is -2.41. The van der Waals surface area contributed by atoms with Gasteiger partial charge < -0.3 is 14.2 Å². The summed E-state index contributed by atoms with van der Waals surface area (Å²) in [5, 5.41) is 0. The first-order chi connectivity index (χ1) is 12.6. The van der Waals surface area contributed by atoms with E-state index in [1.54, 1.807) is 11.0 Å². The molecule has 2 aromatic rings. The third-order valence-corrected chi connectivity index (χ3v) is 6.02. The van der Waals surface area contributed by atoms with Crippen LogP contribution in [-0.2, 0) is 15.9 Å². The molecule has 0 aliphatic carbocycles. The average Bonchev–Trinajstić information content (AvgIpc) is 3.01. The molecule has 2 aliphatic rings. The van der Waals surface area contributed by atoms with Crippen LogP contribution in [0.3, 0.4) is 0 Å². The van der Waals surface area contributed by atoms with Crippen LogP contribution in [0.1, 0.15) is 49.2 Å².